The fraction of sp³-hybridized carbons (Fsp3) is 0.316. The second-order valence-electron chi connectivity index (χ2n) is 6.34. The molecule has 0 unspecified atom stereocenters. The van der Waals surface area contributed by atoms with Crippen LogP contribution in [0.1, 0.15) is 17.3 Å². The number of hydrogen-bond acceptors (Lipinski definition) is 5. The molecule has 0 heterocycles. The van der Waals surface area contributed by atoms with Crippen molar-refractivity contribution in [1.29, 1.82) is 0 Å². The van der Waals surface area contributed by atoms with E-state index in [0.29, 0.717) is 17.2 Å². The molecule has 9 heteroatoms. The Labute approximate surface area is 168 Å². The molecule has 28 heavy (non-hydrogen) atoms. The van der Waals surface area contributed by atoms with E-state index in [-0.39, 0.29) is 22.4 Å². The van der Waals surface area contributed by atoms with Gasteiger partial charge >= 0.3 is 0 Å². The largest absolute Gasteiger partial charge is 0.495 e. The summed E-state index contributed by atoms with van der Waals surface area (Å²) in [7, 11) is -1.91. The fourth-order valence-electron chi connectivity index (χ4n) is 2.58. The number of hydrogen-bond donors (Lipinski definition) is 1. The Morgan fingerprint density at radius 2 is 1.89 bits per heavy atom. The fourth-order valence-corrected chi connectivity index (χ4v) is 4.60. The number of carbonyl (C=O) groups is 1. The molecular weight excluding hydrogens is 400 g/mol. The molecule has 0 saturated carbocycles. The van der Waals surface area contributed by atoms with Crippen molar-refractivity contribution >= 4 is 32.4 Å². The first-order valence-corrected chi connectivity index (χ1v) is 11.7. The Morgan fingerprint density at radius 3 is 2.54 bits per heavy atom. The molecule has 2 atom stereocenters. The van der Waals surface area contributed by atoms with Crippen molar-refractivity contribution in [3.8, 4) is 5.75 Å². The molecule has 152 valence electrons. The van der Waals surface area contributed by atoms with Gasteiger partial charge in [0.2, 0.25) is 0 Å². The van der Waals surface area contributed by atoms with Gasteiger partial charge in [0.15, 0.2) is 0 Å². The number of sulfonamides is 1. The summed E-state index contributed by atoms with van der Waals surface area (Å²) in [6.07, 6.45) is 1.57. The number of amides is 1. The number of rotatable bonds is 8. The lowest BCUT2D eigenvalue weighted by atomic mass is 10.2. The number of nitrogens with zero attached hydrogens (tertiary/aromatic N) is 1. The number of carbonyl (C=O) groups excluding carboxylic acids is 1. The molecule has 0 bridgehead atoms. The predicted molar refractivity (Wildman–Crippen MR) is 111 cm³/mol. The molecule has 0 saturated heterocycles. The minimum atomic E-state index is -3.92. The first-order chi connectivity index (χ1) is 13.2. The van der Waals surface area contributed by atoms with Crippen molar-refractivity contribution in [2.24, 2.45) is 0 Å². The standard InChI is InChI=1S/C19H24N2O5S2/c1-14(13-27(4)23)21(2)19(22)15-8-7-9-16(12-15)28(24,25)20-17-10-5-6-11-18(17)26-3/h5-12,14,20H,13H2,1-4H3/t14-,27+/m0/s1. The van der Waals surface area contributed by atoms with Gasteiger partial charge in [0, 0.05) is 41.5 Å². The molecule has 2 rings (SSSR count). The minimum absolute atomic E-state index is 0.0376. The third-order valence-electron chi connectivity index (χ3n) is 4.20. The lowest BCUT2D eigenvalue weighted by Gasteiger charge is -2.24. The van der Waals surface area contributed by atoms with Crippen LogP contribution >= 0.6 is 0 Å². The molecule has 0 aromatic heterocycles. The van der Waals surface area contributed by atoms with Crippen molar-refractivity contribution in [2.45, 2.75) is 17.9 Å². The van der Waals surface area contributed by atoms with Crippen molar-refractivity contribution < 1.29 is 22.2 Å². The highest BCUT2D eigenvalue weighted by Gasteiger charge is 2.22. The summed E-state index contributed by atoms with van der Waals surface area (Å²) in [6, 6.07) is 12.2. The molecule has 7 nitrogen and oxygen atoms in total. The molecule has 2 aromatic carbocycles. The molecule has 0 spiro atoms. The maximum atomic E-state index is 12.8. The molecule has 0 radical (unpaired) electrons. The first-order valence-electron chi connectivity index (χ1n) is 8.49. The van der Waals surface area contributed by atoms with E-state index in [0.717, 1.165) is 0 Å². The second-order valence-corrected chi connectivity index (χ2v) is 9.50. The maximum absolute atomic E-state index is 12.8. The molecule has 0 fully saturated rings. The van der Waals surface area contributed by atoms with Crippen LogP contribution in [-0.4, -0.2) is 55.6 Å². The van der Waals surface area contributed by atoms with Crippen LogP contribution in [-0.2, 0) is 20.8 Å². The molecule has 0 aliphatic rings. The van der Waals surface area contributed by atoms with Crippen molar-refractivity contribution in [3.63, 3.8) is 0 Å². The van der Waals surface area contributed by atoms with E-state index in [1.807, 2.05) is 0 Å². The third-order valence-corrected chi connectivity index (χ3v) is 6.51. The van der Waals surface area contributed by atoms with Crippen LogP contribution in [0.4, 0.5) is 5.69 Å². The highest BCUT2D eigenvalue weighted by atomic mass is 32.2. The number of anilines is 1. The topological polar surface area (TPSA) is 92.8 Å². The molecule has 1 amide bonds. The van der Waals surface area contributed by atoms with E-state index < -0.39 is 20.8 Å². The van der Waals surface area contributed by atoms with Crippen LogP contribution in [0.5, 0.6) is 5.75 Å². The van der Waals surface area contributed by atoms with Gasteiger partial charge in [0.05, 0.1) is 17.7 Å². The normalized spacial score (nSPS) is 13.4. The Kier molecular flexibility index (Phi) is 7.20. The summed E-state index contributed by atoms with van der Waals surface area (Å²) < 4.78 is 44.6. The van der Waals surface area contributed by atoms with Crippen molar-refractivity contribution in [2.75, 3.05) is 30.9 Å². The average Bonchev–Trinajstić information content (AvgIpc) is 2.66. The van der Waals surface area contributed by atoms with Gasteiger partial charge in [0.1, 0.15) is 5.75 Å². The average molecular weight is 425 g/mol. The molecular formula is C19H24N2O5S2. The van der Waals surface area contributed by atoms with Gasteiger partial charge in [-0.05, 0) is 37.3 Å². The molecule has 2 aromatic rings. The molecule has 0 aliphatic carbocycles. The van der Waals surface area contributed by atoms with E-state index >= 15 is 0 Å². The van der Waals surface area contributed by atoms with Gasteiger partial charge in [-0.3, -0.25) is 13.7 Å². The van der Waals surface area contributed by atoms with E-state index in [1.165, 1.54) is 30.2 Å². The Morgan fingerprint density at radius 1 is 1.21 bits per heavy atom. The maximum Gasteiger partial charge on any atom is 0.262 e. The molecule has 1 N–H and O–H groups in total. The van der Waals surface area contributed by atoms with Crippen LogP contribution in [0.2, 0.25) is 0 Å². The number of para-hydroxylation sites is 2. The SMILES string of the molecule is COc1ccccc1NS(=O)(=O)c1cccc(C(=O)N(C)[C@@H](C)C[S@@](C)=O)c1. The van der Waals surface area contributed by atoms with Gasteiger partial charge in [0.25, 0.3) is 15.9 Å². The zero-order chi connectivity index (χ0) is 20.9. The van der Waals surface area contributed by atoms with Gasteiger partial charge in [-0.1, -0.05) is 18.2 Å². The lowest BCUT2D eigenvalue weighted by Crippen LogP contribution is -2.38. The van der Waals surface area contributed by atoms with Gasteiger partial charge in [-0.25, -0.2) is 8.42 Å². The summed E-state index contributed by atoms with van der Waals surface area (Å²) in [4.78, 5) is 14.1. The first kappa shape index (κ1) is 21.9. The van der Waals surface area contributed by atoms with E-state index in [2.05, 4.69) is 4.72 Å². The predicted octanol–water partition coefficient (Wildman–Crippen LogP) is 2.33. The van der Waals surface area contributed by atoms with E-state index in [1.54, 1.807) is 50.6 Å². The van der Waals surface area contributed by atoms with Crippen LogP contribution in [0, 0.1) is 0 Å². The van der Waals surface area contributed by atoms with Crippen LogP contribution in [0.25, 0.3) is 0 Å². The monoisotopic (exact) mass is 424 g/mol. The quantitative estimate of drug-likeness (QED) is 0.702. The second kappa shape index (κ2) is 9.20. The zero-order valence-corrected chi connectivity index (χ0v) is 17.8. The summed E-state index contributed by atoms with van der Waals surface area (Å²) in [6.45, 7) is 1.79. The van der Waals surface area contributed by atoms with Crippen LogP contribution in [0.15, 0.2) is 53.4 Å². The summed E-state index contributed by atoms with van der Waals surface area (Å²) in [5.74, 6) is 0.391. The Bertz CT molecular complexity index is 976. The lowest BCUT2D eigenvalue weighted by molar-refractivity contribution is 0.0757. The van der Waals surface area contributed by atoms with Crippen LogP contribution in [0.3, 0.4) is 0 Å². The highest BCUT2D eigenvalue weighted by molar-refractivity contribution is 7.92. The van der Waals surface area contributed by atoms with Gasteiger partial charge < -0.3 is 9.64 Å². The minimum Gasteiger partial charge on any atom is -0.495 e. The Hall–Kier alpha value is -2.39. The zero-order valence-electron chi connectivity index (χ0n) is 16.2. The summed E-state index contributed by atoms with van der Waals surface area (Å²) in [5.41, 5.74) is 0.539. The highest BCUT2D eigenvalue weighted by Crippen LogP contribution is 2.26. The van der Waals surface area contributed by atoms with Crippen LogP contribution < -0.4 is 9.46 Å². The van der Waals surface area contributed by atoms with E-state index in [4.69, 9.17) is 4.74 Å². The van der Waals surface area contributed by atoms with Gasteiger partial charge in [-0.15, -0.1) is 0 Å². The number of methoxy groups -OCH3 is 1. The van der Waals surface area contributed by atoms with Crippen molar-refractivity contribution in [3.05, 3.63) is 54.1 Å². The summed E-state index contributed by atoms with van der Waals surface area (Å²) >= 11 is 0. The number of benzene rings is 2. The molecule has 0 aliphatic heterocycles. The summed E-state index contributed by atoms with van der Waals surface area (Å²) in [5, 5.41) is 0. The smallest absolute Gasteiger partial charge is 0.262 e. The van der Waals surface area contributed by atoms with E-state index in [9.17, 15) is 17.4 Å². The van der Waals surface area contributed by atoms with Crippen molar-refractivity contribution in [1.82, 2.24) is 4.90 Å². The third kappa shape index (κ3) is 5.32. The number of nitrogens with one attached hydrogen (secondary N) is 1. The van der Waals surface area contributed by atoms with Gasteiger partial charge in [-0.2, -0.15) is 0 Å². The Balaban J connectivity index is 2.28. The number of ether oxygens (including phenoxy) is 1.